The average molecular weight is 704 g/mol. The summed E-state index contributed by atoms with van der Waals surface area (Å²) in [4.78, 5) is 50.3. The minimum absolute atomic E-state index is 0.0471. The summed E-state index contributed by atoms with van der Waals surface area (Å²) in [6.45, 7) is -0.686. The molecule has 1 fully saturated rings. The van der Waals surface area contributed by atoms with Crippen molar-refractivity contribution in [2.45, 2.75) is 43.9 Å². The third-order valence-electron chi connectivity index (χ3n) is 8.78. The molecule has 1 spiro atoms. The second kappa shape index (κ2) is 12.2. The van der Waals surface area contributed by atoms with E-state index in [2.05, 4.69) is 20.4 Å². The molecule has 3 aliphatic rings. The maximum atomic E-state index is 16.4. The molecule has 256 valence electrons. The Morgan fingerprint density at radius 1 is 1.22 bits per heavy atom. The number of carbonyl (C=O) groups excluding carboxylic acids is 2. The number of pyridine rings is 1. The number of rotatable bonds is 5. The van der Waals surface area contributed by atoms with E-state index in [0.29, 0.717) is 31.3 Å². The van der Waals surface area contributed by atoms with Crippen molar-refractivity contribution in [3.8, 4) is 5.75 Å². The molecule has 49 heavy (non-hydrogen) atoms. The normalized spacial score (nSPS) is 20.8. The number of amides is 2. The van der Waals surface area contributed by atoms with E-state index in [1.807, 2.05) is 0 Å². The average Bonchev–Trinajstić information content (AvgIpc) is 3.69. The van der Waals surface area contributed by atoms with Gasteiger partial charge < -0.3 is 29.4 Å². The maximum Gasteiger partial charge on any atom is 0.416 e. The van der Waals surface area contributed by atoms with Crippen LogP contribution in [-0.2, 0) is 39.2 Å². The van der Waals surface area contributed by atoms with Crippen LogP contribution in [0.3, 0.4) is 0 Å². The molecule has 2 atom stereocenters. The number of halogens is 5. The Hall–Kier alpha value is -4.87. The lowest BCUT2D eigenvalue weighted by Gasteiger charge is -2.41. The Labute approximate surface area is 278 Å². The van der Waals surface area contributed by atoms with Gasteiger partial charge in [-0.25, -0.2) is 9.37 Å². The van der Waals surface area contributed by atoms with Gasteiger partial charge in [-0.3, -0.25) is 14.4 Å². The van der Waals surface area contributed by atoms with Crippen molar-refractivity contribution < 1.29 is 41.7 Å². The largest absolute Gasteiger partial charge is 0.505 e. The highest BCUT2D eigenvalue weighted by Gasteiger charge is 2.54. The summed E-state index contributed by atoms with van der Waals surface area (Å²) in [5.74, 6) is -1.66. The zero-order chi connectivity index (χ0) is 34.7. The number of carbonyl (C=O) groups is 2. The monoisotopic (exact) mass is 703 g/mol. The van der Waals surface area contributed by atoms with E-state index in [-0.39, 0.29) is 64.6 Å². The van der Waals surface area contributed by atoms with Gasteiger partial charge >= 0.3 is 6.18 Å². The van der Waals surface area contributed by atoms with Gasteiger partial charge in [-0.05, 0) is 42.3 Å². The first-order valence-electron chi connectivity index (χ1n) is 15.1. The number of likely N-dealkylation sites (tertiary alicyclic amines) is 1. The lowest BCUT2D eigenvalue weighted by molar-refractivity contribution is -0.137. The Balaban J connectivity index is 1.26. The number of fused-ring (bicyclic) bond motifs is 3. The van der Waals surface area contributed by atoms with Gasteiger partial charge in [-0.2, -0.15) is 22.7 Å². The highest BCUT2D eigenvalue weighted by molar-refractivity contribution is 6.33. The van der Waals surface area contributed by atoms with E-state index >= 15 is 4.39 Å². The van der Waals surface area contributed by atoms with E-state index in [4.69, 9.17) is 21.1 Å². The van der Waals surface area contributed by atoms with Crippen molar-refractivity contribution in [2.75, 3.05) is 31.6 Å². The first kappa shape index (κ1) is 32.7. The van der Waals surface area contributed by atoms with E-state index in [1.165, 1.54) is 27.8 Å². The molecule has 1 aromatic carbocycles. The van der Waals surface area contributed by atoms with Gasteiger partial charge in [-0.15, -0.1) is 5.10 Å². The van der Waals surface area contributed by atoms with Crippen LogP contribution in [0, 0.1) is 0 Å². The first-order chi connectivity index (χ1) is 23.4. The number of alkyl halides is 4. The van der Waals surface area contributed by atoms with E-state index in [0.717, 1.165) is 16.6 Å². The molecule has 7 rings (SSSR count). The van der Waals surface area contributed by atoms with Gasteiger partial charge in [0, 0.05) is 19.2 Å². The predicted molar refractivity (Wildman–Crippen MR) is 164 cm³/mol. The van der Waals surface area contributed by atoms with Crippen LogP contribution >= 0.6 is 11.6 Å². The molecule has 1 saturated heterocycles. The van der Waals surface area contributed by atoms with Crippen LogP contribution in [-0.4, -0.2) is 78.4 Å². The van der Waals surface area contributed by atoms with Gasteiger partial charge in [0.25, 0.3) is 11.5 Å². The number of hydrogen-bond donors (Lipinski definition) is 2. The molecule has 0 unspecified atom stereocenters. The Bertz CT molecular complexity index is 2100. The van der Waals surface area contributed by atoms with Crippen molar-refractivity contribution in [1.82, 2.24) is 29.0 Å². The topological polar surface area (TPSA) is 153 Å². The molecule has 4 aromatic rings. The van der Waals surface area contributed by atoms with Crippen molar-refractivity contribution >= 4 is 40.5 Å². The SMILES string of the molecule is O=C(Cn1c2c(c(=O)n3nc(C4=CCOCC4)nc13)[C@@]1(CCN(C(=O)c3ncccc3O)C[C@H]1F)OC2)Nc1ccc(C(F)(F)F)cc1Cl. The second-order valence-corrected chi connectivity index (χ2v) is 12.1. The standard InChI is InChI=1S/C31H26ClF4N7O6/c32-18-12-17(31(34,35)36)3-4-19(18)38-23(45)14-42-20-15-49-30(7-9-41(13-22(30)33)28(47)25-21(44)2-1-8-37-25)24(20)27(46)43-29(42)39-26(40-43)16-5-10-48-11-6-16/h1-5,8,12,22,44H,6-7,9-11,13-15H2,(H,38,45)/t22-,30+/m1/s1. The molecule has 2 N–H and O–H groups in total. The molecule has 18 heteroatoms. The summed E-state index contributed by atoms with van der Waals surface area (Å²) in [7, 11) is 0. The molecule has 3 aromatic heterocycles. The molecule has 13 nitrogen and oxygen atoms in total. The Kier molecular flexibility index (Phi) is 8.15. The van der Waals surface area contributed by atoms with Crippen LogP contribution in [0.5, 0.6) is 5.75 Å². The molecule has 0 saturated carbocycles. The molecule has 6 heterocycles. The van der Waals surface area contributed by atoms with Gasteiger partial charge in [-0.1, -0.05) is 17.7 Å². The number of aromatic nitrogens is 5. The number of anilines is 1. The predicted octanol–water partition coefficient (Wildman–Crippen LogP) is 3.72. The molecule has 0 radical (unpaired) electrons. The minimum Gasteiger partial charge on any atom is -0.505 e. The summed E-state index contributed by atoms with van der Waals surface area (Å²) in [6, 6.07) is 5.20. The Morgan fingerprint density at radius 3 is 2.73 bits per heavy atom. The molecule has 0 bridgehead atoms. The molecular weight excluding hydrogens is 678 g/mol. The third-order valence-corrected chi connectivity index (χ3v) is 9.09. The van der Waals surface area contributed by atoms with E-state index < -0.39 is 54.0 Å². The molecule has 3 aliphatic heterocycles. The summed E-state index contributed by atoms with van der Waals surface area (Å²) in [5, 5.41) is 16.7. The van der Waals surface area contributed by atoms with Crippen LogP contribution < -0.4 is 10.9 Å². The fourth-order valence-corrected chi connectivity index (χ4v) is 6.56. The second-order valence-electron chi connectivity index (χ2n) is 11.7. The van der Waals surface area contributed by atoms with Crippen molar-refractivity contribution in [3.05, 3.63) is 86.3 Å². The smallest absolute Gasteiger partial charge is 0.416 e. The van der Waals surface area contributed by atoms with Crippen LogP contribution in [0.4, 0.5) is 23.2 Å². The molecular formula is C31H26ClF4N7O6. The summed E-state index contributed by atoms with van der Waals surface area (Å²) in [6.07, 6.45) is -3.19. The van der Waals surface area contributed by atoms with Crippen molar-refractivity contribution in [1.29, 1.82) is 0 Å². The van der Waals surface area contributed by atoms with Gasteiger partial charge in [0.2, 0.25) is 11.7 Å². The summed E-state index contributed by atoms with van der Waals surface area (Å²) in [5.41, 5.74) is -3.13. The van der Waals surface area contributed by atoms with Crippen LogP contribution in [0.25, 0.3) is 11.4 Å². The Morgan fingerprint density at radius 2 is 2.04 bits per heavy atom. The van der Waals surface area contributed by atoms with E-state index in [1.54, 1.807) is 6.08 Å². The quantitative estimate of drug-likeness (QED) is 0.296. The van der Waals surface area contributed by atoms with Crippen LogP contribution in [0.1, 0.15) is 46.0 Å². The van der Waals surface area contributed by atoms with Gasteiger partial charge in [0.1, 0.15) is 17.9 Å². The third kappa shape index (κ3) is 5.70. The number of piperidine rings is 1. The lowest BCUT2D eigenvalue weighted by atomic mass is 9.83. The first-order valence-corrected chi connectivity index (χ1v) is 15.4. The van der Waals surface area contributed by atoms with Gasteiger partial charge in [0.15, 0.2) is 17.7 Å². The molecule has 2 amide bonds. The van der Waals surface area contributed by atoms with Crippen LogP contribution in [0.15, 0.2) is 47.4 Å². The number of aromatic hydroxyl groups is 1. The highest BCUT2D eigenvalue weighted by atomic mass is 35.5. The lowest BCUT2D eigenvalue weighted by Crippen LogP contribution is -2.55. The van der Waals surface area contributed by atoms with Crippen molar-refractivity contribution in [3.63, 3.8) is 0 Å². The fraction of sp³-hybridized carbons (Fsp3) is 0.355. The van der Waals surface area contributed by atoms with Gasteiger partial charge in [0.05, 0.1) is 53.9 Å². The minimum atomic E-state index is -4.65. The number of benzene rings is 1. The summed E-state index contributed by atoms with van der Waals surface area (Å²) >= 11 is 6.06. The number of nitrogens with zero attached hydrogens (tertiary/aromatic N) is 6. The number of nitrogens with one attached hydrogen (secondary N) is 1. The molecule has 0 aliphatic carbocycles. The highest BCUT2D eigenvalue weighted by Crippen LogP contribution is 2.45. The van der Waals surface area contributed by atoms with E-state index in [9.17, 15) is 32.7 Å². The zero-order valence-electron chi connectivity index (χ0n) is 25.3. The number of hydrogen-bond acceptors (Lipinski definition) is 9. The zero-order valence-corrected chi connectivity index (χ0v) is 26.1. The fourth-order valence-electron chi connectivity index (χ4n) is 6.33. The summed E-state index contributed by atoms with van der Waals surface area (Å²) < 4.78 is 69.6. The maximum absolute atomic E-state index is 16.4. The van der Waals surface area contributed by atoms with Crippen LogP contribution in [0.2, 0.25) is 5.02 Å². The van der Waals surface area contributed by atoms with Crippen molar-refractivity contribution in [2.24, 2.45) is 0 Å². The number of ether oxygens (including phenoxy) is 2.